The van der Waals surface area contributed by atoms with Crippen LogP contribution in [-0.2, 0) is 0 Å². The molecule has 7 atom stereocenters. The molecule has 0 unspecified atom stereocenters. The molecule has 3 saturated carbocycles. The second kappa shape index (κ2) is 10.5. The molecule has 178 valence electrons. The molecule has 3 fully saturated rings. The monoisotopic (exact) mass is 461 g/mol. The molecule has 0 aliphatic heterocycles. The van der Waals surface area contributed by atoms with Gasteiger partial charge in [-0.25, -0.2) is 9.37 Å². The van der Waals surface area contributed by atoms with Gasteiger partial charge in [-0.15, -0.1) is 11.3 Å². The molecule has 1 heterocycles. The van der Waals surface area contributed by atoms with Gasteiger partial charge in [0.2, 0.25) is 0 Å². The zero-order chi connectivity index (χ0) is 22.7. The predicted molar refractivity (Wildman–Crippen MR) is 129 cm³/mol. The molecule has 0 amide bonds. The summed E-state index contributed by atoms with van der Waals surface area (Å²) in [6.45, 7) is 4.90. The number of hydrogen-bond acceptors (Lipinski definition) is 4. The average molecular weight is 462 g/mol. The molecule has 0 aromatic carbocycles. The molecule has 5 heteroatoms. The minimum Gasteiger partial charge on any atom is -0.393 e. The zero-order valence-corrected chi connectivity index (χ0v) is 20.5. The number of nitrogens with zero attached hydrogens (tertiary/aromatic N) is 1. The summed E-state index contributed by atoms with van der Waals surface area (Å²) in [7, 11) is 0. The number of hydrogen-bond donors (Lipinski definition) is 2. The van der Waals surface area contributed by atoms with E-state index < -0.39 is 18.4 Å². The summed E-state index contributed by atoms with van der Waals surface area (Å²) in [5.74, 6) is 1.97. The molecule has 3 aliphatic carbocycles. The van der Waals surface area contributed by atoms with E-state index in [1.165, 1.54) is 49.0 Å². The van der Waals surface area contributed by atoms with E-state index in [0.29, 0.717) is 53.9 Å². The van der Waals surface area contributed by atoms with E-state index in [1.54, 1.807) is 11.8 Å². The van der Waals surface area contributed by atoms with E-state index >= 15 is 0 Å². The van der Waals surface area contributed by atoms with Crippen LogP contribution in [0.3, 0.4) is 0 Å². The van der Waals surface area contributed by atoms with Crippen LogP contribution >= 0.6 is 11.3 Å². The van der Waals surface area contributed by atoms with Gasteiger partial charge < -0.3 is 10.2 Å². The smallest absolute Gasteiger partial charge is 0.151 e. The third-order valence-corrected chi connectivity index (χ3v) is 9.49. The van der Waals surface area contributed by atoms with E-state index in [1.807, 2.05) is 5.38 Å². The fourth-order valence-electron chi connectivity index (χ4n) is 7.08. The van der Waals surface area contributed by atoms with E-state index in [2.05, 4.69) is 31.0 Å². The Labute approximate surface area is 196 Å². The molecule has 3 nitrogen and oxygen atoms in total. The van der Waals surface area contributed by atoms with Crippen LogP contribution in [0.2, 0.25) is 0 Å². The summed E-state index contributed by atoms with van der Waals surface area (Å²) >= 11 is 1.42. The van der Waals surface area contributed by atoms with Crippen molar-refractivity contribution in [1.82, 2.24) is 4.98 Å². The third-order valence-electron chi connectivity index (χ3n) is 8.63. The van der Waals surface area contributed by atoms with Gasteiger partial charge >= 0.3 is 0 Å². The molecule has 3 aliphatic rings. The lowest BCUT2D eigenvalue weighted by Crippen LogP contribution is -2.36. The zero-order valence-electron chi connectivity index (χ0n) is 19.7. The molecule has 0 radical (unpaired) electrons. The molecule has 0 spiro atoms. The number of aromatic nitrogens is 1. The largest absolute Gasteiger partial charge is 0.393 e. The first kappa shape index (κ1) is 24.1. The highest BCUT2D eigenvalue weighted by molar-refractivity contribution is 7.09. The third kappa shape index (κ3) is 5.37. The SMILES string of the molecule is C[C@H](CCC[C@H](F)c1nccs1)[C@H]1CC[C@H]2/C(=C/C=C3C[C@@H](O)C[C@H](O)C3)CCC[C@]12C. The number of allylic oxidation sites excluding steroid dienone is 3. The van der Waals surface area contributed by atoms with Crippen molar-refractivity contribution in [3.63, 3.8) is 0 Å². The Balaban J connectivity index is 1.36. The van der Waals surface area contributed by atoms with Gasteiger partial charge in [-0.1, -0.05) is 43.6 Å². The normalized spacial score (nSPS) is 36.2. The summed E-state index contributed by atoms with van der Waals surface area (Å²) in [5, 5.41) is 22.4. The molecule has 0 bridgehead atoms. The molecular formula is C27H40FNO2S. The van der Waals surface area contributed by atoms with Crippen molar-refractivity contribution in [1.29, 1.82) is 0 Å². The van der Waals surface area contributed by atoms with Crippen LogP contribution in [0, 0.1) is 23.2 Å². The van der Waals surface area contributed by atoms with Crippen LogP contribution in [0.25, 0.3) is 0 Å². The van der Waals surface area contributed by atoms with Crippen molar-refractivity contribution >= 4 is 11.3 Å². The standard InChI is InChI=1S/C27H40FNO2S/c1-18(5-3-7-25(28)26-29-13-14-32-26)23-10-11-24-20(6-4-12-27(23,24)2)9-8-19-15-21(30)17-22(31)16-19/h8-9,13-14,18,21-25,30-31H,3-7,10-12,15-17H2,1-2H3/b20-9+/t18-,21-,22-,23-,24+,25+,27-/m1/s1. The first-order valence-electron chi connectivity index (χ1n) is 12.6. The molecule has 32 heavy (non-hydrogen) atoms. The number of aliphatic hydroxyl groups is 2. The highest BCUT2D eigenvalue weighted by Crippen LogP contribution is 2.60. The number of halogens is 1. The maximum absolute atomic E-state index is 14.4. The Morgan fingerprint density at radius 2 is 2.00 bits per heavy atom. The second-order valence-corrected chi connectivity index (χ2v) is 11.8. The summed E-state index contributed by atoms with van der Waals surface area (Å²) in [4.78, 5) is 4.13. The molecule has 2 N–H and O–H groups in total. The molecule has 1 aromatic heterocycles. The maximum atomic E-state index is 14.4. The molecule has 4 rings (SSSR count). The van der Waals surface area contributed by atoms with Crippen LogP contribution in [0.5, 0.6) is 0 Å². The van der Waals surface area contributed by atoms with Crippen molar-refractivity contribution in [2.24, 2.45) is 23.2 Å². The second-order valence-electron chi connectivity index (χ2n) is 10.9. The van der Waals surface area contributed by atoms with Crippen molar-refractivity contribution in [3.05, 3.63) is 39.9 Å². The quantitative estimate of drug-likeness (QED) is 0.463. The van der Waals surface area contributed by atoms with E-state index in [9.17, 15) is 14.6 Å². The maximum Gasteiger partial charge on any atom is 0.151 e. The number of fused-ring (bicyclic) bond motifs is 1. The van der Waals surface area contributed by atoms with E-state index in [-0.39, 0.29) is 0 Å². The number of alkyl halides is 1. The molecule has 0 saturated heterocycles. The van der Waals surface area contributed by atoms with Gasteiger partial charge in [0, 0.05) is 11.6 Å². The van der Waals surface area contributed by atoms with Gasteiger partial charge in [0.1, 0.15) is 5.01 Å². The number of thiazole rings is 1. The van der Waals surface area contributed by atoms with Crippen LogP contribution < -0.4 is 0 Å². The fourth-order valence-corrected chi connectivity index (χ4v) is 7.73. The van der Waals surface area contributed by atoms with E-state index in [4.69, 9.17) is 0 Å². The minimum absolute atomic E-state index is 0.345. The Hall–Kier alpha value is -1.04. The van der Waals surface area contributed by atoms with Gasteiger partial charge in [-0.2, -0.15) is 0 Å². The van der Waals surface area contributed by atoms with E-state index in [0.717, 1.165) is 12.8 Å². The summed E-state index contributed by atoms with van der Waals surface area (Å²) in [6, 6.07) is 0. The first-order chi connectivity index (χ1) is 15.4. The van der Waals surface area contributed by atoms with Crippen molar-refractivity contribution in [2.45, 2.75) is 103 Å². The van der Waals surface area contributed by atoms with Crippen molar-refractivity contribution in [2.75, 3.05) is 0 Å². The summed E-state index contributed by atoms with van der Waals surface area (Å²) in [5.41, 5.74) is 3.10. The van der Waals surface area contributed by atoms with Crippen LogP contribution in [0.15, 0.2) is 34.9 Å². The number of aliphatic hydroxyl groups excluding tert-OH is 2. The van der Waals surface area contributed by atoms with Crippen molar-refractivity contribution < 1.29 is 14.6 Å². The van der Waals surface area contributed by atoms with Crippen LogP contribution in [0.1, 0.15) is 95.7 Å². The van der Waals surface area contributed by atoms with Gasteiger partial charge in [0.15, 0.2) is 6.17 Å². The van der Waals surface area contributed by atoms with Gasteiger partial charge in [0.25, 0.3) is 0 Å². The predicted octanol–water partition coefficient (Wildman–Crippen LogP) is 6.94. The Morgan fingerprint density at radius 1 is 1.22 bits per heavy atom. The fraction of sp³-hybridized carbons (Fsp3) is 0.741. The van der Waals surface area contributed by atoms with Crippen LogP contribution in [-0.4, -0.2) is 27.4 Å². The summed E-state index contributed by atoms with van der Waals surface area (Å²) < 4.78 is 14.4. The topological polar surface area (TPSA) is 53.4 Å². The Kier molecular flexibility index (Phi) is 7.89. The average Bonchev–Trinajstić information content (AvgIpc) is 3.39. The minimum atomic E-state index is -0.914. The molecular weight excluding hydrogens is 421 g/mol. The Morgan fingerprint density at radius 3 is 2.72 bits per heavy atom. The lowest BCUT2D eigenvalue weighted by atomic mass is 9.60. The first-order valence-corrected chi connectivity index (χ1v) is 13.5. The van der Waals surface area contributed by atoms with Crippen molar-refractivity contribution in [3.8, 4) is 0 Å². The number of rotatable bonds is 7. The van der Waals surface area contributed by atoms with Gasteiger partial charge in [-0.3, -0.25) is 0 Å². The lowest BCUT2D eigenvalue weighted by molar-refractivity contribution is 0.0609. The summed E-state index contributed by atoms with van der Waals surface area (Å²) in [6.07, 6.45) is 15.2. The lowest BCUT2D eigenvalue weighted by Gasteiger charge is -2.44. The van der Waals surface area contributed by atoms with Gasteiger partial charge in [0.05, 0.1) is 12.2 Å². The Bertz CT molecular complexity index is 795. The molecule has 1 aromatic rings. The highest BCUT2D eigenvalue weighted by atomic mass is 32.1. The highest BCUT2D eigenvalue weighted by Gasteiger charge is 2.50. The van der Waals surface area contributed by atoms with Crippen LogP contribution in [0.4, 0.5) is 4.39 Å². The van der Waals surface area contributed by atoms with Gasteiger partial charge in [-0.05, 0) is 87.4 Å².